The summed E-state index contributed by atoms with van der Waals surface area (Å²) in [7, 11) is -3.99. The molecule has 0 spiro atoms. The number of phenolic OH excluding ortho intramolecular Hbond substituents is 1. The van der Waals surface area contributed by atoms with Crippen molar-refractivity contribution >= 4 is 15.9 Å². The molecule has 4 N–H and O–H groups in total. The molecule has 0 aliphatic rings. The van der Waals surface area contributed by atoms with Gasteiger partial charge in [-0.15, -0.1) is 0 Å². The molecule has 1 aromatic rings. The number of aromatic hydroxyl groups is 1. The van der Waals surface area contributed by atoms with Crippen LogP contribution < -0.4 is 9.86 Å². The molecule has 0 saturated heterocycles. The van der Waals surface area contributed by atoms with E-state index in [0.29, 0.717) is 0 Å². The summed E-state index contributed by atoms with van der Waals surface area (Å²) in [5.74, 6) is -0.349. The van der Waals surface area contributed by atoms with Gasteiger partial charge in [0.05, 0.1) is 5.56 Å². The van der Waals surface area contributed by atoms with Crippen molar-refractivity contribution in [2.45, 2.75) is 0 Å². The molecule has 0 saturated carbocycles. The molecule has 0 fully saturated rings. The number of nitrogens with two attached hydrogens (primary N) is 1. The Kier molecular flexibility index (Phi) is 2.60. The molecule has 0 aliphatic heterocycles. The minimum Gasteiger partial charge on any atom is -0.506 e. The van der Waals surface area contributed by atoms with Gasteiger partial charge in [0.2, 0.25) is 0 Å². The topological polar surface area (TPSA) is 116 Å². The molecule has 0 aromatic heterocycles. The first-order valence-corrected chi connectivity index (χ1v) is 5.01. The van der Waals surface area contributed by atoms with Crippen LogP contribution in [0.25, 0.3) is 0 Å². The van der Waals surface area contributed by atoms with Crippen molar-refractivity contribution < 1.29 is 13.5 Å². The van der Waals surface area contributed by atoms with Crippen molar-refractivity contribution in [2.75, 3.05) is 4.72 Å². The number of phenols is 1. The van der Waals surface area contributed by atoms with E-state index < -0.39 is 10.2 Å². The van der Waals surface area contributed by atoms with Crippen molar-refractivity contribution in [3.05, 3.63) is 23.8 Å². The zero-order valence-electron chi connectivity index (χ0n) is 6.93. The number of nitrogens with one attached hydrogen (secondary N) is 1. The van der Waals surface area contributed by atoms with Crippen molar-refractivity contribution in [1.29, 1.82) is 5.26 Å². The normalized spacial score (nSPS) is 10.6. The number of benzene rings is 1. The third-order valence-electron chi connectivity index (χ3n) is 1.41. The summed E-state index contributed by atoms with van der Waals surface area (Å²) in [5, 5.41) is 22.6. The lowest BCUT2D eigenvalue weighted by molar-refractivity contribution is 0.477. The summed E-state index contributed by atoms with van der Waals surface area (Å²) in [6.45, 7) is 0. The summed E-state index contributed by atoms with van der Waals surface area (Å²) >= 11 is 0. The molecular formula is C7H7N3O3S. The molecular weight excluding hydrogens is 206 g/mol. The van der Waals surface area contributed by atoms with Gasteiger partial charge in [0.15, 0.2) is 0 Å². The number of anilines is 1. The van der Waals surface area contributed by atoms with Crippen LogP contribution in [0.4, 0.5) is 5.69 Å². The van der Waals surface area contributed by atoms with E-state index in [-0.39, 0.29) is 17.0 Å². The Morgan fingerprint density at radius 2 is 2.14 bits per heavy atom. The van der Waals surface area contributed by atoms with E-state index in [1.807, 2.05) is 4.72 Å². The largest absolute Gasteiger partial charge is 0.506 e. The number of rotatable bonds is 2. The van der Waals surface area contributed by atoms with Crippen LogP contribution in [0.2, 0.25) is 0 Å². The van der Waals surface area contributed by atoms with Gasteiger partial charge in [-0.1, -0.05) is 6.07 Å². The van der Waals surface area contributed by atoms with Crippen LogP contribution in [0, 0.1) is 11.3 Å². The maximum atomic E-state index is 10.7. The highest BCUT2D eigenvalue weighted by Gasteiger charge is 2.11. The van der Waals surface area contributed by atoms with E-state index in [4.69, 9.17) is 10.4 Å². The van der Waals surface area contributed by atoms with Gasteiger partial charge in [0, 0.05) is 0 Å². The first-order valence-electron chi connectivity index (χ1n) is 3.46. The Labute approximate surface area is 80.8 Å². The fourth-order valence-electron chi connectivity index (χ4n) is 0.883. The van der Waals surface area contributed by atoms with Gasteiger partial charge >= 0.3 is 0 Å². The molecule has 0 aliphatic carbocycles. The summed E-state index contributed by atoms with van der Waals surface area (Å²) in [4.78, 5) is 0. The van der Waals surface area contributed by atoms with E-state index in [9.17, 15) is 13.5 Å². The van der Waals surface area contributed by atoms with Gasteiger partial charge in [-0.3, -0.25) is 4.72 Å². The van der Waals surface area contributed by atoms with Crippen LogP contribution in [-0.2, 0) is 10.2 Å². The molecule has 0 atom stereocenters. The molecule has 1 aromatic carbocycles. The molecule has 0 amide bonds. The Hall–Kier alpha value is -1.78. The van der Waals surface area contributed by atoms with Crippen LogP contribution in [0.15, 0.2) is 18.2 Å². The number of nitriles is 1. The second-order valence-corrected chi connectivity index (χ2v) is 3.75. The Bertz CT molecular complexity index is 489. The predicted octanol–water partition coefficient (Wildman–Crippen LogP) is -0.121. The molecule has 14 heavy (non-hydrogen) atoms. The van der Waals surface area contributed by atoms with E-state index in [0.717, 1.165) is 0 Å². The Morgan fingerprint density at radius 1 is 1.50 bits per heavy atom. The average molecular weight is 213 g/mol. The van der Waals surface area contributed by atoms with Crippen LogP contribution in [-0.4, -0.2) is 13.5 Å². The molecule has 0 heterocycles. The standard InChI is InChI=1S/C7H7N3O3S/c8-4-5-2-1-3-6(11)7(5)10-14(9,12)13/h1-3,10-11H,(H2,9,12,13). The highest BCUT2D eigenvalue weighted by atomic mass is 32.2. The summed E-state index contributed by atoms with van der Waals surface area (Å²) in [5.41, 5.74) is -0.212. The maximum absolute atomic E-state index is 10.7. The molecule has 6 nitrogen and oxygen atoms in total. The second-order valence-electron chi connectivity index (χ2n) is 2.46. The smallest absolute Gasteiger partial charge is 0.296 e. The third kappa shape index (κ3) is 2.35. The predicted molar refractivity (Wildman–Crippen MR) is 49.6 cm³/mol. The zero-order valence-corrected chi connectivity index (χ0v) is 7.75. The van der Waals surface area contributed by atoms with Gasteiger partial charge in [-0.05, 0) is 12.1 Å². The average Bonchev–Trinajstić information content (AvgIpc) is 2.06. The molecule has 0 bridgehead atoms. The van der Waals surface area contributed by atoms with Gasteiger partial charge < -0.3 is 5.11 Å². The first-order chi connectivity index (χ1) is 6.44. The molecule has 1 rings (SSSR count). The molecule has 74 valence electrons. The zero-order chi connectivity index (χ0) is 10.8. The van der Waals surface area contributed by atoms with Crippen molar-refractivity contribution in [2.24, 2.45) is 5.14 Å². The first kappa shape index (κ1) is 10.3. The number of nitrogens with zero attached hydrogens (tertiary/aromatic N) is 1. The monoisotopic (exact) mass is 213 g/mol. The van der Waals surface area contributed by atoms with Crippen LogP contribution in [0.5, 0.6) is 5.75 Å². The molecule has 7 heteroatoms. The Morgan fingerprint density at radius 3 is 2.64 bits per heavy atom. The van der Waals surface area contributed by atoms with Crippen LogP contribution >= 0.6 is 0 Å². The fraction of sp³-hybridized carbons (Fsp3) is 0. The van der Waals surface area contributed by atoms with Gasteiger partial charge in [0.25, 0.3) is 10.2 Å². The lowest BCUT2D eigenvalue weighted by atomic mass is 10.2. The van der Waals surface area contributed by atoms with Crippen molar-refractivity contribution in [3.63, 3.8) is 0 Å². The summed E-state index contributed by atoms with van der Waals surface area (Å²) < 4.78 is 23.2. The fourth-order valence-corrected chi connectivity index (χ4v) is 1.38. The Balaban J connectivity index is 3.27. The summed E-state index contributed by atoms with van der Waals surface area (Å²) in [6, 6.07) is 5.73. The highest BCUT2D eigenvalue weighted by molar-refractivity contribution is 7.90. The highest BCUT2D eigenvalue weighted by Crippen LogP contribution is 2.26. The lowest BCUT2D eigenvalue weighted by Crippen LogP contribution is -2.22. The van der Waals surface area contributed by atoms with Crippen molar-refractivity contribution in [1.82, 2.24) is 0 Å². The van der Waals surface area contributed by atoms with Crippen LogP contribution in [0.3, 0.4) is 0 Å². The number of hydrogen-bond acceptors (Lipinski definition) is 4. The van der Waals surface area contributed by atoms with E-state index in [1.165, 1.54) is 18.2 Å². The van der Waals surface area contributed by atoms with E-state index in [2.05, 4.69) is 0 Å². The van der Waals surface area contributed by atoms with Gasteiger partial charge in [-0.2, -0.15) is 13.7 Å². The van der Waals surface area contributed by atoms with Gasteiger partial charge in [0.1, 0.15) is 17.5 Å². The molecule has 0 radical (unpaired) electrons. The van der Waals surface area contributed by atoms with E-state index >= 15 is 0 Å². The minimum absolute atomic E-state index is 0.000903. The SMILES string of the molecule is N#Cc1cccc(O)c1NS(N)(=O)=O. The second kappa shape index (κ2) is 3.53. The lowest BCUT2D eigenvalue weighted by Gasteiger charge is -2.06. The van der Waals surface area contributed by atoms with Crippen LogP contribution in [0.1, 0.15) is 5.56 Å². The van der Waals surface area contributed by atoms with Crippen molar-refractivity contribution in [3.8, 4) is 11.8 Å². The number of para-hydroxylation sites is 1. The maximum Gasteiger partial charge on any atom is 0.296 e. The number of hydrogen-bond donors (Lipinski definition) is 3. The van der Waals surface area contributed by atoms with Gasteiger partial charge in [-0.25, -0.2) is 5.14 Å². The summed E-state index contributed by atoms with van der Waals surface area (Å²) in [6.07, 6.45) is 0. The minimum atomic E-state index is -3.99. The quantitative estimate of drug-likeness (QED) is 0.593. The third-order valence-corrected chi connectivity index (χ3v) is 1.90. The molecule has 0 unspecified atom stereocenters. The van der Waals surface area contributed by atoms with E-state index in [1.54, 1.807) is 6.07 Å².